The summed E-state index contributed by atoms with van der Waals surface area (Å²) in [5.41, 5.74) is 1.39. The second kappa shape index (κ2) is 4.81. The Morgan fingerprint density at radius 2 is 1.89 bits per heavy atom. The van der Waals surface area contributed by atoms with Crippen LogP contribution in [0.4, 0.5) is 5.69 Å². The zero-order valence-electron chi connectivity index (χ0n) is 9.94. The van der Waals surface area contributed by atoms with Gasteiger partial charge in [0.15, 0.2) is 5.25 Å². The average Bonchev–Trinajstić information content (AvgIpc) is 2.37. The highest BCUT2D eigenvalue weighted by molar-refractivity contribution is 7.94. The van der Waals surface area contributed by atoms with E-state index in [9.17, 15) is 13.2 Å². The Morgan fingerprint density at radius 3 is 2.53 bits per heavy atom. The molecule has 1 atom stereocenters. The molecular weight excluding hydrogens is 270 g/mol. The normalized spacial score (nSPS) is 13.1. The molecule has 0 saturated carbocycles. The van der Waals surface area contributed by atoms with Crippen LogP contribution in [-0.2, 0) is 14.8 Å². The molecule has 1 unspecified atom stereocenters. The first kappa shape index (κ1) is 13.2. The van der Waals surface area contributed by atoms with Crippen LogP contribution < -0.4 is 4.72 Å². The molecule has 0 saturated heterocycles. The molecule has 2 aromatic rings. The van der Waals surface area contributed by atoms with Crippen LogP contribution in [0.1, 0.15) is 6.92 Å². The van der Waals surface area contributed by atoms with E-state index in [1.54, 1.807) is 6.07 Å². The van der Waals surface area contributed by atoms with E-state index in [0.717, 1.165) is 6.92 Å². The summed E-state index contributed by atoms with van der Waals surface area (Å²) in [6.07, 6.45) is 3.01. The van der Waals surface area contributed by atoms with E-state index in [-0.39, 0.29) is 5.69 Å². The first-order valence-corrected chi connectivity index (χ1v) is 6.90. The quantitative estimate of drug-likeness (QED) is 0.859. The molecule has 19 heavy (non-hydrogen) atoms. The third-order valence-electron chi connectivity index (χ3n) is 2.54. The van der Waals surface area contributed by atoms with Gasteiger partial charge in [-0.3, -0.25) is 19.5 Å². The lowest BCUT2D eigenvalue weighted by Gasteiger charge is -2.11. The van der Waals surface area contributed by atoms with Gasteiger partial charge in [0.05, 0.1) is 16.7 Å². The molecule has 8 heteroatoms. The van der Waals surface area contributed by atoms with Crippen LogP contribution in [0.3, 0.4) is 0 Å². The number of carboxylic acid groups (broad SMARTS) is 1. The highest BCUT2D eigenvalue weighted by atomic mass is 32.2. The van der Waals surface area contributed by atoms with Gasteiger partial charge in [0, 0.05) is 12.4 Å². The largest absolute Gasteiger partial charge is 0.480 e. The molecule has 0 amide bonds. The zero-order valence-corrected chi connectivity index (χ0v) is 10.8. The molecule has 2 N–H and O–H groups in total. The number of nitrogens with zero attached hydrogens (tertiary/aromatic N) is 2. The molecule has 0 fully saturated rings. The maximum Gasteiger partial charge on any atom is 0.323 e. The first-order chi connectivity index (χ1) is 8.90. The molecule has 0 aliphatic rings. The van der Waals surface area contributed by atoms with Crippen molar-refractivity contribution in [1.82, 2.24) is 9.97 Å². The SMILES string of the molecule is CC(C(=O)O)S(=O)(=O)Nc1ccc2nccnc2c1. The molecule has 2 rings (SSSR count). The summed E-state index contributed by atoms with van der Waals surface area (Å²) >= 11 is 0. The lowest BCUT2D eigenvalue weighted by molar-refractivity contribution is -0.136. The van der Waals surface area contributed by atoms with Crippen LogP contribution >= 0.6 is 0 Å². The number of aromatic nitrogens is 2. The van der Waals surface area contributed by atoms with Crippen molar-refractivity contribution in [3.05, 3.63) is 30.6 Å². The minimum atomic E-state index is -3.98. The average molecular weight is 281 g/mol. The summed E-state index contributed by atoms with van der Waals surface area (Å²) in [5.74, 6) is -1.41. The summed E-state index contributed by atoms with van der Waals surface area (Å²) in [5, 5.41) is 7.19. The number of sulfonamides is 1. The molecule has 1 heterocycles. The molecule has 0 radical (unpaired) electrons. The first-order valence-electron chi connectivity index (χ1n) is 5.35. The fourth-order valence-electron chi connectivity index (χ4n) is 1.41. The maximum atomic E-state index is 11.7. The van der Waals surface area contributed by atoms with Gasteiger partial charge in [-0.1, -0.05) is 0 Å². The van der Waals surface area contributed by atoms with Crippen molar-refractivity contribution < 1.29 is 18.3 Å². The van der Waals surface area contributed by atoms with Crippen LogP contribution in [0.2, 0.25) is 0 Å². The molecule has 0 aliphatic carbocycles. The van der Waals surface area contributed by atoms with E-state index < -0.39 is 21.2 Å². The van der Waals surface area contributed by atoms with E-state index >= 15 is 0 Å². The van der Waals surface area contributed by atoms with Gasteiger partial charge in [-0.2, -0.15) is 0 Å². The summed E-state index contributed by atoms with van der Waals surface area (Å²) in [6, 6.07) is 4.60. The maximum absolute atomic E-state index is 11.7. The Labute approximate surface area is 109 Å². The zero-order chi connectivity index (χ0) is 14.0. The molecule has 0 spiro atoms. The number of benzene rings is 1. The predicted molar refractivity (Wildman–Crippen MR) is 69.2 cm³/mol. The number of rotatable bonds is 4. The van der Waals surface area contributed by atoms with Crippen LogP contribution in [0.15, 0.2) is 30.6 Å². The van der Waals surface area contributed by atoms with E-state index in [1.165, 1.54) is 24.5 Å². The topological polar surface area (TPSA) is 109 Å². The van der Waals surface area contributed by atoms with Crippen molar-refractivity contribution in [3.63, 3.8) is 0 Å². The second-order valence-corrected chi connectivity index (χ2v) is 5.89. The molecule has 0 aliphatic heterocycles. The van der Waals surface area contributed by atoms with E-state index in [2.05, 4.69) is 14.7 Å². The number of nitrogens with one attached hydrogen (secondary N) is 1. The lowest BCUT2D eigenvalue weighted by atomic mass is 10.3. The van der Waals surface area contributed by atoms with Crippen LogP contribution in [0, 0.1) is 0 Å². The van der Waals surface area contributed by atoms with Crippen molar-refractivity contribution in [2.75, 3.05) is 4.72 Å². The van der Waals surface area contributed by atoms with Crippen molar-refractivity contribution in [3.8, 4) is 0 Å². The minimum Gasteiger partial charge on any atom is -0.480 e. The molecule has 0 bridgehead atoms. The molecule has 1 aromatic heterocycles. The van der Waals surface area contributed by atoms with Gasteiger partial charge < -0.3 is 5.11 Å². The van der Waals surface area contributed by atoms with E-state index in [0.29, 0.717) is 11.0 Å². The Bertz CT molecular complexity index is 730. The lowest BCUT2D eigenvalue weighted by Crippen LogP contribution is -2.32. The van der Waals surface area contributed by atoms with Gasteiger partial charge in [0.1, 0.15) is 0 Å². The molecule has 1 aromatic carbocycles. The van der Waals surface area contributed by atoms with Gasteiger partial charge in [-0.05, 0) is 25.1 Å². The highest BCUT2D eigenvalue weighted by Crippen LogP contribution is 2.17. The standard InChI is InChI=1S/C11H11N3O4S/c1-7(11(15)16)19(17,18)14-8-2-3-9-10(6-8)13-5-4-12-9/h2-7,14H,1H3,(H,15,16). The monoisotopic (exact) mass is 281 g/mol. The number of hydrogen-bond donors (Lipinski definition) is 2. The summed E-state index contributed by atoms with van der Waals surface area (Å²) in [4.78, 5) is 18.8. The van der Waals surface area contributed by atoms with Crippen molar-refractivity contribution in [2.24, 2.45) is 0 Å². The van der Waals surface area contributed by atoms with Gasteiger partial charge in [0.25, 0.3) is 0 Å². The van der Waals surface area contributed by atoms with Crippen molar-refractivity contribution in [2.45, 2.75) is 12.2 Å². The number of fused-ring (bicyclic) bond motifs is 1. The predicted octanol–water partition coefficient (Wildman–Crippen LogP) is 0.845. The van der Waals surface area contributed by atoms with E-state index in [4.69, 9.17) is 5.11 Å². The Hall–Kier alpha value is -2.22. The number of carbonyl (C=O) groups is 1. The van der Waals surface area contributed by atoms with Gasteiger partial charge in [-0.15, -0.1) is 0 Å². The Kier molecular flexibility index (Phi) is 3.34. The Morgan fingerprint density at radius 1 is 1.26 bits per heavy atom. The van der Waals surface area contributed by atoms with Crippen molar-refractivity contribution in [1.29, 1.82) is 0 Å². The highest BCUT2D eigenvalue weighted by Gasteiger charge is 2.27. The van der Waals surface area contributed by atoms with Gasteiger partial charge in [0.2, 0.25) is 10.0 Å². The Balaban J connectivity index is 2.34. The molecule has 7 nitrogen and oxygen atoms in total. The van der Waals surface area contributed by atoms with Crippen LogP contribution in [-0.4, -0.2) is 34.7 Å². The molecular formula is C11H11N3O4S. The van der Waals surface area contributed by atoms with Crippen LogP contribution in [0.5, 0.6) is 0 Å². The number of anilines is 1. The van der Waals surface area contributed by atoms with Crippen LogP contribution in [0.25, 0.3) is 11.0 Å². The smallest absolute Gasteiger partial charge is 0.323 e. The van der Waals surface area contributed by atoms with Gasteiger partial charge >= 0.3 is 5.97 Å². The minimum absolute atomic E-state index is 0.251. The molecule has 100 valence electrons. The summed E-state index contributed by atoms with van der Waals surface area (Å²) in [7, 11) is -3.98. The fourth-order valence-corrected chi connectivity index (χ4v) is 2.31. The van der Waals surface area contributed by atoms with Crippen molar-refractivity contribution >= 4 is 32.7 Å². The number of carboxylic acids is 1. The summed E-state index contributed by atoms with van der Waals surface area (Å²) in [6.45, 7) is 1.10. The third kappa shape index (κ3) is 2.79. The fraction of sp³-hybridized carbons (Fsp3) is 0.182. The summed E-state index contributed by atoms with van der Waals surface area (Å²) < 4.78 is 25.7. The third-order valence-corrected chi connectivity index (χ3v) is 4.20. The second-order valence-electron chi connectivity index (χ2n) is 3.89. The number of hydrogen-bond acceptors (Lipinski definition) is 5. The number of aliphatic carboxylic acids is 1. The van der Waals surface area contributed by atoms with E-state index in [1.807, 2.05) is 0 Å². The van der Waals surface area contributed by atoms with Gasteiger partial charge in [-0.25, -0.2) is 8.42 Å².